The van der Waals surface area contributed by atoms with Crippen LogP contribution in [-0.2, 0) is 24.5 Å². The number of nitrogens with one attached hydrogen (secondary N) is 1. The third-order valence-electron chi connectivity index (χ3n) is 7.33. The summed E-state index contributed by atoms with van der Waals surface area (Å²) in [5, 5.41) is 3.59. The zero-order valence-corrected chi connectivity index (χ0v) is 24.4. The molecule has 1 fully saturated rings. The molecule has 0 amide bonds. The lowest BCUT2D eigenvalue weighted by molar-refractivity contribution is -0.238. The molecule has 0 saturated carbocycles. The fourth-order valence-electron chi connectivity index (χ4n) is 5.38. The first-order valence-corrected chi connectivity index (χ1v) is 15.0. The topological polar surface area (TPSA) is 103 Å². The van der Waals surface area contributed by atoms with Crippen LogP contribution in [0.25, 0.3) is 0 Å². The number of H-pyrrole nitrogens is 1. The Bertz CT molecular complexity index is 1380. The number of esters is 1. The van der Waals surface area contributed by atoms with Crippen molar-refractivity contribution in [3.63, 3.8) is 0 Å². The van der Waals surface area contributed by atoms with E-state index in [0.717, 1.165) is 14.9 Å². The maximum absolute atomic E-state index is 13.4. The molecule has 1 aliphatic heterocycles. The van der Waals surface area contributed by atoms with Crippen molar-refractivity contribution in [2.75, 3.05) is 20.3 Å². The van der Waals surface area contributed by atoms with Gasteiger partial charge in [0.1, 0.15) is 0 Å². The van der Waals surface area contributed by atoms with Crippen molar-refractivity contribution in [3.8, 4) is 0 Å². The normalized spacial score (nSPS) is 20.2. The number of aryl methyl sites for hydroxylation is 1. The fourth-order valence-corrected chi connectivity index (χ4v) is 9.98. The van der Waals surface area contributed by atoms with Gasteiger partial charge in [0.05, 0.1) is 19.3 Å². The molecule has 2 aromatic carbocycles. The van der Waals surface area contributed by atoms with Crippen LogP contribution in [0.3, 0.4) is 0 Å². The number of ether oxygens (including phenoxy) is 1. The Morgan fingerprint density at radius 2 is 1.64 bits per heavy atom. The average molecular weight is 552 g/mol. The average Bonchev–Trinajstić information content (AvgIpc) is 3.24. The Kier molecular flexibility index (Phi) is 8.13. The minimum atomic E-state index is -2.86. The number of benzene rings is 2. The first-order valence-electron chi connectivity index (χ1n) is 13.1. The van der Waals surface area contributed by atoms with E-state index in [2.05, 4.69) is 50.0 Å². The van der Waals surface area contributed by atoms with Crippen molar-refractivity contribution < 1.29 is 18.8 Å². The lowest BCUT2D eigenvalue weighted by Gasteiger charge is -2.43. The SMILES string of the molecule is CCOC(=O)[C@]1(n2cc(C)c(=O)[nH]c2=O)C[C@@H](CO[Si](c2ccccc2)(c2ccccc2)C(C)(C)C)N(C)O1. The number of aromatic amines is 1. The second-order valence-electron chi connectivity index (χ2n) is 10.9. The molecule has 2 atom stereocenters. The van der Waals surface area contributed by atoms with Crippen LogP contribution >= 0.6 is 0 Å². The molecule has 0 spiro atoms. The number of hydrogen-bond acceptors (Lipinski definition) is 7. The predicted octanol–water partition coefficient (Wildman–Crippen LogP) is 2.27. The van der Waals surface area contributed by atoms with Crippen LogP contribution in [0.15, 0.2) is 76.4 Å². The fraction of sp³-hybridized carbons (Fsp3) is 0.414. The number of aromatic nitrogens is 2. The van der Waals surface area contributed by atoms with Crippen LogP contribution in [-0.4, -0.2) is 55.2 Å². The zero-order chi connectivity index (χ0) is 28.4. The van der Waals surface area contributed by atoms with Crippen molar-refractivity contribution in [3.05, 3.63) is 93.3 Å². The summed E-state index contributed by atoms with van der Waals surface area (Å²) in [6.07, 6.45) is 1.43. The highest BCUT2D eigenvalue weighted by Crippen LogP contribution is 2.39. The highest BCUT2D eigenvalue weighted by Gasteiger charge is 2.56. The number of likely N-dealkylation sites (N-methyl/N-ethyl adjacent to an activating group) is 1. The summed E-state index contributed by atoms with van der Waals surface area (Å²) in [5.74, 6) is -0.710. The number of hydrogen-bond donors (Lipinski definition) is 1. The van der Waals surface area contributed by atoms with E-state index in [1.54, 1.807) is 26.0 Å². The van der Waals surface area contributed by atoms with Crippen LogP contribution in [0.1, 0.15) is 39.7 Å². The first-order chi connectivity index (χ1) is 18.5. The standard InChI is InChI=1S/C29H37N3O6Si/c1-7-36-26(34)29(32-19-21(2)25(33)30-27(32)35)18-22(31(6)38-29)20-37-39(28(3,4)5,23-14-10-8-11-15-23)24-16-12-9-13-17-24/h8-17,19,22H,7,18,20H2,1-6H3,(H,30,33,35)/t22-,29-/m0/s1. The second kappa shape index (κ2) is 11.0. The summed E-state index contributed by atoms with van der Waals surface area (Å²) in [5.41, 5.74) is -2.78. The molecule has 0 bridgehead atoms. The smallest absolute Gasteiger partial charge is 0.362 e. The lowest BCUT2D eigenvalue weighted by Crippen LogP contribution is -2.67. The Balaban J connectivity index is 1.76. The molecular weight excluding hydrogens is 514 g/mol. The molecule has 39 heavy (non-hydrogen) atoms. The molecule has 4 rings (SSSR count). The van der Waals surface area contributed by atoms with Crippen molar-refractivity contribution in [2.45, 2.75) is 57.8 Å². The summed E-state index contributed by atoms with van der Waals surface area (Å²) < 4.78 is 13.6. The molecule has 0 radical (unpaired) electrons. The number of rotatable bonds is 8. The number of hydroxylamine groups is 2. The van der Waals surface area contributed by atoms with E-state index >= 15 is 0 Å². The van der Waals surface area contributed by atoms with E-state index in [9.17, 15) is 14.4 Å². The molecule has 1 aromatic heterocycles. The van der Waals surface area contributed by atoms with Crippen LogP contribution in [0.5, 0.6) is 0 Å². The quantitative estimate of drug-likeness (QED) is 0.338. The molecule has 0 unspecified atom stereocenters. The van der Waals surface area contributed by atoms with Crippen molar-refractivity contribution in [1.82, 2.24) is 14.6 Å². The van der Waals surface area contributed by atoms with Gasteiger partial charge >= 0.3 is 11.7 Å². The third kappa shape index (κ3) is 5.17. The highest BCUT2D eigenvalue weighted by molar-refractivity contribution is 6.99. The van der Waals surface area contributed by atoms with E-state index in [4.69, 9.17) is 14.0 Å². The zero-order valence-electron chi connectivity index (χ0n) is 23.4. The Labute approximate surface area is 229 Å². The van der Waals surface area contributed by atoms with Gasteiger partial charge in [-0.3, -0.25) is 19.2 Å². The lowest BCUT2D eigenvalue weighted by atomic mass is 10.0. The molecule has 0 aliphatic carbocycles. The Hall–Kier alpha value is -3.31. The number of carbonyl (C=O) groups excluding carboxylic acids is 1. The van der Waals surface area contributed by atoms with Gasteiger partial charge in [0.25, 0.3) is 19.6 Å². The van der Waals surface area contributed by atoms with Gasteiger partial charge in [-0.15, -0.1) is 0 Å². The summed E-state index contributed by atoms with van der Waals surface area (Å²) >= 11 is 0. The van der Waals surface area contributed by atoms with E-state index in [0.29, 0.717) is 0 Å². The number of nitrogens with zero attached hydrogens (tertiary/aromatic N) is 2. The summed E-state index contributed by atoms with van der Waals surface area (Å²) in [4.78, 5) is 46.7. The van der Waals surface area contributed by atoms with Crippen LogP contribution < -0.4 is 21.6 Å². The van der Waals surface area contributed by atoms with Gasteiger partial charge in [0.2, 0.25) is 0 Å². The van der Waals surface area contributed by atoms with Gasteiger partial charge in [-0.05, 0) is 29.3 Å². The monoisotopic (exact) mass is 551 g/mol. The molecule has 9 nitrogen and oxygen atoms in total. The minimum absolute atomic E-state index is 0.0892. The molecule has 10 heteroatoms. The van der Waals surface area contributed by atoms with Gasteiger partial charge < -0.3 is 9.16 Å². The van der Waals surface area contributed by atoms with Crippen LogP contribution in [0.2, 0.25) is 5.04 Å². The van der Waals surface area contributed by atoms with E-state index < -0.39 is 37.3 Å². The largest absolute Gasteiger partial charge is 0.462 e. The molecule has 208 valence electrons. The van der Waals surface area contributed by atoms with Crippen LogP contribution in [0.4, 0.5) is 0 Å². The first kappa shape index (κ1) is 28.7. The maximum Gasteiger partial charge on any atom is 0.362 e. The Morgan fingerprint density at radius 1 is 1.08 bits per heavy atom. The van der Waals surface area contributed by atoms with Crippen LogP contribution in [0, 0.1) is 6.92 Å². The van der Waals surface area contributed by atoms with E-state index in [1.165, 1.54) is 6.20 Å². The van der Waals surface area contributed by atoms with Crippen molar-refractivity contribution in [1.29, 1.82) is 0 Å². The van der Waals surface area contributed by atoms with E-state index in [1.807, 2.05) is 36.4 Å². The third-order valence-corrected chi connectivity index (χ3v) is 12.3. The predicted molar refractivity (Wildman–Crippen MR) is 151 cm³/mol. The molecule has 2 heterocycles. The minimum Gasteiger partial charge on any atom is -0.462 e. The highest BCUT2D eigenvalue weighted by atomic mass is 28.4. The van der Waals surface area contributed by atoms with Gasteiger partial charge in [-0.2, -0.15) is 5.06 Å². The maximum atomic E-state index is 13.4. The van der Waals surface area contributed by atoms with Gasteiger partial charge in [-0.1, -0.05) is 81.4 Å². The molecule has 1 aliphatic rings. The van der Waals surface area contributed by atoms with Gasteiger partial charge in [0.15, 0.2) is 0 Å². The molecule has 1 saturated heterocycles. The van der Waals surface area contributed by atoms with Crippen molar-refractivity contribution in [2.24, 2.45) is 0 Å². The van der Waals surface area contributed by atoms with Gasteiger partial charge in [0, 0.05) is 25.2 Å². The van der Waals surface area contributed by atoms with E-state index in [-0.39, 0.29) is 30.2 Å². The molecule has 3 aromatic rings. The number of carbonyl (C=O) groups is 1. The summed E-state index contributed by atoms with van der Waals surface area (Å²) in [6, 6.07) is 20.2. The molecule has 1 N–H and O–H groups in total. The van der Waals surface area contributed by atoms with Crippen molar-refractivity contribution >= 4 is 24.7 Å². The van der Waals surface area contributed by atoms with Gasteiger partial charge in [-0.25, -0.2) is 9.59 Å². The Morgan fingerprint density at radius 3 is 2.15 bits per heavy atom. The molecular formula is C29H37N3O6Si. The second-order valence-corrected chi connectivity index (χ2v) is 15.2. The summed E-state index contributed by atoms with van der Waals surface area (Å²) in [7, 11) is -1.14. The summed E-state index contributed by atoms with van der Waals surface area (Å²) in [6.45, 7) is 10.2.